The number of aromatic nitrogens is 1. The fourth-order valence-corrected chi connectivity index (χ4v) is 1.85. The third-order valence-electron chi connectivity index (χ3n) is 2.76. The van der Waals surface area contributed by atoms with Crippen molar-refractivity contribution in [3.8, 4) is 0 Å². The Morgan fingerprint density at radius 3 is 2.83 bits per heavy atom. The fourth-order valence-electron chi connectivity index (χ4n) is 1.73. The van der Waals surface area contributed by atoms with Crippen molar-refractivity contribution in [1.29, 1.82) is 0 Å². The monoisotopic (exact) mass is 264 g/mol. The zero-order chi connectivity index (χ0) is 13.3. The number of piperazine rings is 1. The molecular weight excluding hydrogens is 252 g/mol. The van der Waals surface area contributed by atoms with Gasteiger partial charge in [0.2, 0.25) is 11.8 Å². The summed E-state index contributed by atoms with van der Waals surface area (Å²) in [6.45, 7) is 1.85. The molecule has 0 radical (unpaired) electrons. The first-order chi connectivity index (χ1) is 8.49. The van der Waals surface area contributed by atoms with E-state index in [0.717, 1.165) is 0 Å². The minimum Gasteiger partial charge on any atom is -0.388 e. The molecule has 94 valence electrons. The van der Waals surface area contributed by atoms with Gasteiger partial charge < -0.3 is 10.6 Å². The van der Waals surface area contributed by atoms with Crippen molar-refractivity contribution >= 4 is 34.7 Å². The van der Waals surface area contributed by atoms with Crippen LogP contribution in [0.2, 0.25) is 0 Å². The van der Waals surface area contributed by atoms with E-state index in [-0.39, 0.29) is 23.3 Å². The molecule has 18 heavy (non-hydrogen) atoms. The number of hydrogen-bond donors (Lipinski definition) is 2. The van der Waals surface area contributed by atoms with Gasteiger partial charge in [0, 0.05) is 0 Å². The number of nitrogens with two attached hydrogens (primary N) is 1. The van der Waals surface area contributed by atoms with Crippen LogP contribution < -0.4 is 16.0 Å². The molecule has 2 amide bonds. The summed E-state index contributed by atoms with van der Waals surface area (Å²) in [6.07, 6.45) is 1.55. The number of amides is 2. The largest absolute Gasteiger partial charge is 0.388 e. The number of carbonyl (C=O) groups excluding carboxylic acids is 2. The van der Waals surface area contributed by atoms with Crippen molar-refractivity contribution < 1.29 is 9.59 Å². The second-order valence-corrected chi connectivity index (χ2v) is 4.42. The zero-order valence-electron chi connectivity index (χ0n) is 9.71. The van der Waals surface area contributed by atoms with Crippen LogP contribution in [0.15, 0.2) is 18.3 Å². The summed E-state index contributed by atoms with van der Waals surface area (Å²) in [5.41, 5.74) is 6.65. The highest BCUT2D eigenvalue weighted by Gasteiger charge is 2.30. The first kappa shape index (κ1) is 12.4. The van der Waals surface area contributed by atoms with Crippen molar-refractivity contribution in [2.45, 2.75) is 13.0 Å². The Labute approximate surface area is 109 Å². The number of rotatable bonds is 2. The van der Waals surface area contributed by atoms with Gasteiger partial charge in [0.1, 0.15) is 11.0 Å². The number of anilines is 1. The van der Waals surface area contributed by atoms with E-state index < -0.39 is 6.04 Å². The van der Waals surface area contributed by atoms with Gasteiger partial charge in [-0.15, -0.1) is 0 Å². The van der Waals surface area contributed by atoms with Gasteiger partial charge >= 0.3 is 0 Å². The highest BCUT2D eigenvalue weighted by molar-refractivity contribution is 7.80. The van der Waals surface area contributed by atoms with Crippen LogP contribution in [0.25, 0.3) is 0 Å². The van der Waals surface area contributed by atoms with E-state index in [1.807, 2.05) is 0 Å². The lowest BCUT2D eigenvalue weighted by Gasteiger charge is -2.33. The summed E-state index contributed by atoms with van der Waals surface area (Å²) in [7, 11) is 0. The van der Waals surface area contributed by atoms with E-state index >= 15 is 0 Å². The van der Waals surface area contributed by atoms with Gasteiger partial charge in [-0.05, 0) is 19.1 Å². The molecular formula is C11H12N4O2S. The Hall–Kier alpha value is -2.02. The smallest absolute Gasteiger partial charge is 0.249 e. The molecule has 2 heterocycles. The molecule has 1 fully saturated rings. The number of thiocarbonyl (C=S) groups is 1. The Kier molecular flexibility index (Phi) is 3.24. The summed E-state index contributed by atoms with van der Waals surface area (Å²) in [4.78, 5) is 28.8. The van der Waals surface area contributed by atoms with Crippen LogP contribution in [-0.2, 0) is 9.59 Å². The van der Waals surface area contributed by atoms with Crippen LogP contribution in [0.4, 0.5) is 5.69 Å². The van der Waals surface area contributed by atoms with E-state index in [0.29, 0.717) is 11.4 Å². The molecule has 0 aliphatic carbocycles. The number of hydrogen-bond acceptors (Lipinski definition) is 5. The van der Waals surface area contributed by atoms with E-state index in [1.54, 1.807) is 30.2 Å². The van der Waals surface area contributed by atoms with Gasteiger partial charge in [0.15, 0.2) is 0 Å². The van der Waals surface area contributed by atoms with Crippen LogP contribution in [0.3, 0.4) is 0 Å². The topological polar surface area (TPSA) is 88.3 Å². The van der Waals surface area contributed by atoms with Crippen molar-refractivity contribution in [2.75, 3.05) is 11.4 Å². The average Bonchev–Trinajstić information content (AvgIpc) is 2.34. The number of nitrogens with one attached hydrogen (secondary N) is 1. The molecule has 1 unspecified atom stereocenters. The van der Waals surface area contributed by atoms with Crippen LogP contribution >= 0.6 is 12.2 Å². The SMILES string of the molecule is CC1C(=O)NC(=O)CN1c1ccc(C(N)=S)nc1. The maximum absolute atomic E-state index is 11.5. The van der Waals surface area contributed by atoms with E-state index in [9.17, 15) is 9.59 Å². The van der Waals surface area contributed by atoms with Crippen molar-refractivity contribution in [1.82, 2.24) is 10.3 Å². The normalized spacial score (nSPS) is 19.6. The molecule has 1 aliphatic heterocycles. The number of pyridine rings is 1. The van der Waals surface area contributed by atoms with E-state index in [1.165, 1.54) is 0 Å². The standard InChI is InChI=1S/C11H12N4O2S/c1-6-11(17)14-9(16)5-15(6)7-2-3-8(10(12)18)13-4-7/h2-4,6H,5H2,1H3,(H2,12,18)(H,14,16,17). The van der Waals surface area contributed by atoms with Crippen LogP contribution in [0, 0.1) is 0 Å². The summed E-state index contributed by atoms with van der Waals surface area (Å²) in [6, 6.07) is 2.99. The number of imide groups is 1. The van der Waals surface area contributed by atoms with Gasteiger partial charge in [-0.3, -0.25) is 19.9 Å². The molecule has 0 bridgehead atoms. The lowest BCUT2D eigenvalue weighted by molar-refractivity contribution is -0.132. The second-order valence-electron chi connectivity index (χ2n) is 3.98. The predicted molar refractivity (Wildman–Crippen MR) is 70.1 cm³/mol. The first-order valence-corrected chi connectivity index (χ1v) is 5.76. The lowest BCUT2D eigenvalue weighted by atomic mass is 10.1. The molecule has 1 saturated heterocycles. The second kappa shape index (κ2) is 4.69. The quantitative estimate of drug-likeness (QED) is 0.556. The van der Waals surface area contributed by atoms with Crippen LogP contribution in [-0.4, -0.2) is 34.4 Å². The van der Waals surface area contributed by atoms with Gasteiger partial charge in [-0.2, -0.15) is 0 Å². The molecule has 6 nitrogen and oxygen atoms in total. The molecule has 7 heteroatoms. The maximum atomic E-state index is 11.5. The Balaban J connectivity index is 2.27. The first-order valence-electron chi connectivity index (χ1n) is 5.35. The molecule has 0 spiro atoms. The third-order valence-corrected chi connectivity index (χ3v) is 2.96. The Bertz CT molecular complexity index is 514. The lowest BCUT2D eigenvalue weighted by Crippen LogP contribution is -2.57. The van der Waals surface area contributed by atoms with Crippen molar-refractivity contribution in [3.05, 3.63) is 24.0 Å². The average molecular weight is 264 g/mol. The molecule has 1 aromatic rings. The summed E-state index contributed by atoms with van der Waals surface area (Å²) >= 11 is 4.81. The van der Waals surface area contributed by atoms with Crippen LogP contribution in [0.5, 0.6) is 0 Å². The molecule has 1 aliphatic rings. The van der Waals surface area contributed by atoms with E-state index in [4.69, 9.17) is 18.0 Å². The molecule has 0 aromatic carbocycles. The minimum atomic E-state index is -0.417. The van der Waals surface area contributed by atoms with Crippen LogP contribution in [0.1, 0.15) is 12.6 Å². The van der Waals surface area contributed by atoms with Crippen molar-refractivity contribution in [3.63, 3.8) is 0 Å². The third kappa shape index (κ3) is 2.30. The maximum Gasteiger partial charge on any atom is 0.249 e. The van der Waals surface area contributed by atoms with Gasteiger partial charge in [0.05, 0.1) is 24.1 Å². The Morgan fingerprint density at radius 1 is 1.56 bits per heavy atom. The summed E-state index contributed by atoms with van der Waals surface area (Å²) in [5, 5.41) is 2.28. The molecule has 1 aromatic heterocycles. The zero-order valence-corrected chi connectivity index (χ0v) is 10.5. The highest BCUT2D eigenvalue weighted by atomic mass is 32.1. The highest BCUT2D eigenvalue weighted by Crippen LogP contribution is 2.18. The summed E-state index contributed by atoms with van der Waals surface area (Å²) in [5.74, 6) is -0.638. The Morgan fingerprint density at radius 2 is 2.28 bits per heavy atom. The predicted octanol–water partition coefficient (Wildman–Crippen LogP) is -0.433. The summed E-state index contributed by atoms with van der Waals surface area (Å²) < 4.78 is 0. The molecule has 1 atom stereocenters. The fraction of sp³-hybridized carbons (Fsp3) is 0.273. The number of nitrogens with zero attached hydrogens (tertiary/aromatic N) is 2. The minimum absolute atomic E-state index is 0.126. The van der Waals surface area contributed by atoms with Gasteiger partial charge in [-0.1, -0.05) is 12.2 Å². The van der Waals surface area contributed by atoms with E-state index in [2.05, 4.69) is 10.3 Å². The van der Waals surface area contributed by atoms with Gasteiger partial charge in [-0.25, -0.2) is 0 Å². The number of carbonyl (C=O) groups is 2. The molecule has 3 N–H and O–H groups in total. The van der Waals surface area contributed by atoms with Gasteiger partial charge in [0.25, 0.3) is 0 Å². The molecule has 0 saturated carbocycles. The van der Waals surface area contributed by atoms with Crippen molar-refractivity contribution in [2.24, 2.45) is 5.73 Å². The molecule has 2 rings (SSSR count).